The van der Waals surface area contributed by atoms with Gasteiger partial charge >= 0.3 is 6.03 Å². The van der Waals surface area contributed by atoms with E-state index in [0.29, 0.717) is 19.5 Å². The van der Waals surface area contributed by atoms with Crippen molar-refractivity contribution in [3.63, 3.8) is 0 Å². The van der Waals surface area contributed by atoms with Crippen molar-refractivity contribution in [3.8, 4) is 0 Å². The number of amides is 3. The molecule has 1 N–H and O–H groups in total. The average molecular weight is 344 g/mol. The third-order valence-corrected chi connectivity index (χ3v) is 4.61. The minimum atomic E-state index is -0.0558. The zero-order chi connectivity index (χ0) is 18.0. The maximum atomic E-state index is 12.9. The first kappa shape index (κ1) is 17.7. The zero-order valence-corrected chi connectivity index (χ0v) is 15.4. The first-order valence-corrected chi connectivity index (χ1v) is 9.03. The molecule has 0 aliphatic carbocycles. The maximum Gasteiger partial charge on any atom is 0.324 e. The minimum Gasteiger partial charge on any atom is -0.322 e. The lowest BCUT2D eigenvalue weighted by Crippen LogP contribution is -2.55. The molecule has 6 heteroatoms. The molecule has 1 fully saturated rings. The Labute approximate surface area is 149 Å². The van der Waals surface area contributed by atoms with E-state index >= 15 is 0 Å². The van der Waals surface area contributed by atoms with Gasteiger partial charge in [0.15, 0.2) is 0 Å². The molecule has 1 saturated heterocycles. The normalized spacial score (nSPS) is 18.1. The number of urea groups is 1. The standard InChI is InChI=1S/C19H28N4O2/c1-19(2,3)14-17(24)22-12-13-23(16-7-5-4-6-15(16)22)18(25)21-10-8-20-9-11-21/h4-7,20H,8-14H2,1-3H3. The second-order valence-corrected chi connectivity index (χ2v) is 7.94. The Morgan fingerprint density at radius 3 is 2.12 bits per heavy atom. The fraction of sp³-hybridized carbons (Fsp3) is 0.579. The second kappa shape index (κ2) is 7.04. The molecule has 136 valence electrons. The topological polar surface area (TPSA) is 55.9 Å². The number of nitrogens with one attached hydrogen (secondary N) is 1. The van der Waals surface area contributed by atoms with E-state index in [0.717, 1.165) is 37.6 Å². The maximum absolute atomic E-state index is 12.9. The number of carbonyl (C=O) groups is 2. The van der Waals surface area contributed by atoms with E-state index in [1.54, 1.807) is 0 Å². The number of hydrogen-bond donors (Lipinski definition) is 1. The molecule has 0 saturated carbocycles. The number of fused-ring (bicyclic) bond motifs is 1. The van der Waals surface area contributed by atoms with Crippen LogP contribution in [0.15, 0.2) is 24.3 Å². The first-order valence-electron chi connectivity index (χ1n) is 9.03. The molecule has 0 spiro atoms. The molecule has 1 aromatic carbocycles. The smallest absolute Gasteiger partial charge is 0.322 e. The van der Waals surface area contributed by atoms with E-state index in [1.165, 1.54) is 0 Å². The SMILES string of the molecule is CC(C)(C)CC(=O)N1CCN(C(=O)N2CCNCC2)c2ccccc21. The van der Waals surface area contributed by atoms with Crippen LogP contribution in [0.3, 0.4) is 0 Å². The summed E-state index contributed by atoms with van der Waals surface area (Å²) in [7, 11) is 0. The van der Waals surface area contributed by atoms with Gasteiger partial charge in [0.25, 0.3) is 0 Å². The second-order valence-electron chi connectivity index (χ2n) is 7.94. The molecule has 2 aliphatic rings. The molecule has 0 bridgehead atoms. The van der Waals surface area contributed by atoms with Crippen molar-refractivity contribution in [3.05, 3.63) is 24.3 Å². The minimum absolute atomic E-state index is 0.0388. The third-order valence-electron chi connectivity index (χ3n) is 4.61. The number of anilines is 2. The molecular weight excluding hydrogens is 316 g/mol. The summed E-state index contributed by atoms with van der Waals surface area (Å²) in [4.78, 5) is 31.2. The molecule has 0 radical (unpaired) electrons. The molecule has 25 heavy (non-hydrogen) atoms. The van der Waals surface area contributed by atoms with E-state index in [2.05, 4.69) is 26.1 Å². The summed E-state index contributed by atoms with van der Waals surface area (Å²) in [5.41, 5.74) is 1.62. The van der Waals surface area contributed by atoms with E-state index in [1.807, 2.05) is 39.0 Å². The lowest BCUT2D eigenvalue weighted by atomic mass is 9.91. The van der Waals surface area contributed by atoms with Crippen molar-refractivity contribution >= 4 is 23.3 Å². The summed E-state index contributed by atoms with van der Waals surface area (Å²) in [5, 5.41) is 3.27. The number of para-hydroxylation sites is 2. The number of nitrogens with zero attached hydrogens (tertiary/aromatic N) is 3. The summed E-state index contributed by atoms with van der Waals surface area (Å²) in [6.45, 7) is 10.4. The Morgan fingerprint density at radius 2 is 1.52 bits per heavy atom. The summed E-state index contributed by atoms with van der Waals surface area (Å²) >= 11 is 0. The van der Waals surface area contributed by atoms with Gasteiger partial charge in [0.05, 0.1) is 11.4 Å². The highest BCUT2D eigenvalue weighted by Crippen LogP contribution is 2.35. The first-order chi connectivity index (χ1) is 11.9. The van der Waals surface area contributed by atoms with E-state index in [-0.39, 0.29) is 17.4 Å². The molecule has 3 amide bonds. The Hall–Kier alpha value is -2.08. The summed E-state index contributed by atoms with van der Waals surface area (Å²) in [6, 6.07) is 7.76. The van der Waals surface area contributed by atoms with Crippen LogP contribution in [0.5, 0.6) is 0 Å². The van der Waals surface area contributed by atoms with Crippen molar-refractivity contribution in [2.75, 3.05) is 49.1 Å². The Bertz CT molecular complexity index is 647. The molecule has 6 nitrogen and oxygen atoms in total. The van der Waals surface area contributed by atoms with Crippen LogP contribution in [0.1, 0.15) is 27.2 Å². The van der Waals surface area contributed by atoms with Gasteiger partial charge in [-0.2, -0.15) is 0 Å². The number of benzene rings is 1. The van der Waals surface area contributed by atoms with Crippen LogP contribution in [0.4, 0.5) is 16.2 Å². The van der Waals surface area contributed by atoms with Gasteiger partial charge in [-0.05, 0) is 17.5 Å². The average Bonchev–Trinajstić information content (AvgIpc) is 2.59. The summed E-state index contributed by atoms with van der Waals surface area (Å²) in [6.07, 6.45) is 0.493. The van der Waals surface area contributed by atoms with Crippen LogP contribution >= 0.6 is 0 Å². The molecule has 0 unspecified atom stereocenters. The van der Waals surface area contributed by atoms with Crippen LogP contribution in [0, 0.1) is 5.41 Å². The number of hydrogen-bond acceptors (Lipinski definition) is 3. The fourth-order valence-electron chi connectivity index (χ4n) is 3.40. The quantitative estimate of drug-likeness (QED) is 0.850. The molecular formula is C19H28N4O2. The third kappa shape index (κ3) is 3.95. The van der Waals surface area contributed by atoms with Gasteiger partial charge in [0, 0.05) is 45.7 Å². The Morgan fingerprint density at radius 1 is 0.960 bits per heavy atom. The van der Waals surface area contributed by atoms with Crippen LogP contribution in [0.2, 0.25) is 0 Å². The van der Waals surface area contributed by atoms with E-state index in [9.17, 15) is 9.59 Å². The van der Waals surface area contributed by atoms with Crippen LogP contribution in [0.25, 0.3) is 0 Å². The molecule has 2 heterocycles. The van der Waals surface area contributed by atoms with Gasteiger partial charge in [-0.1, -0.05) is 32.9 Å². The number of carbonyl (C=O) groups excluding carboxylic acids is 2. The predicted molar refractivity (Wildman–Crippen MR) is 100 cm³/mol. The van der Waals surface area contributed by atoms with E-state index < -0.39 is 0 Å². The van der Waals surface area contributed by atoms with Crippen molar-refractivity contribution < 1.29 is 9.59 Å². The monoisotopic (exact) mass is 344 g/mol. The van der Waals surface area contributed by atoms with Gasteiger partial charge in [0.1, 0.15) is 0 Å². The van der Waals surface area contributed by atoms with E-state index in [4.69, 9.17) is 0 Å². The van der Waals surface area contributed by atoms with Gasteiger partial charge in [0.2, 0.25) is 5.91 Å². The lowest BCUT2D eigenvalue weighted by Gasteiger charge is -2.40. The Balaban J connectivity index is 1.83. The van der Waals surface area contributed by atoms with Crippen molar-refractivity contribution in [1.29, 1.82) is 0 Å². The van der Waals surface area contributed by atoms with Crippen LogP contribution in [-0.2, 0) is 4.79 Å². The predicted octanol–water partition coefficient (Wildman–Crippen LogP) is 2.30. The zero-order valence-electron chi connectivity index (χ0n) is 15.4. The van der Waals surface area contributed by atoms with Crippen molar-refractivity contribution in [2.45, 2.75) is 27.2 Å². The largest absolute Gasteiger partial charge is 0.324 e. The van der Waals surface area contributed by atoms with Gasteiger partial charge in [-0.3, -0.25) is 9.69 Å². The molecule has 3 rings (SSSR count). The molecule has 2 aliphatic heterocycles. The lowest BCUT2D eigenvalue weighted by molar-refractivity contribution is -0.120. The highest BCUT2D eigenvalue weighted by atomic mass is 16.2. The molecule has 0 aromatic heterocycles. The van der Waals surface area contributed by atoms with Crippen molar-refractivity contribution in [1.82, 2.24) is 10.2 Å². The molecule has 1 aromatic rings. The summed E-state index contributed by atoms with van der Waals surface area (Å²) < 4.78 is 0. The number of piperazine rings is 1. The highest BCUT2D eigenvalue weighted by molar-refractivity contribution is 6.03. The fourth-order valence-corrected chi connectivity index (χ4v) is 3.40. The highest BCUT2D eigenvalue weighted by Gasteiger charge is 2.33. The number of rotatable bonds is 1. The van der Waals surface area contributed by atoms with Crippen LogP contribution < -0.4 is 15.1 Å². The molecule has 0 atom stereocenters. The van der Waals surface area contributed by atoms with Gasteiger partial charge in [-0.25, -0.2) is 4.79 Å². The summed E-state index contributed by atoms with van der Waals surface area (Å²) in [5.74, 6) is 0.120. The van der Waals surface area contributed by atoms with Crippen LogP contribution in [-0.4, -0.2) is 56.1 Å². The Kier molecular flexibility index (Phi) is 4.99. The van der Waals surface area contributed by atoms with Gasteiger partial charge < -0.3 is 15.1 Å². The van der Waals surface area contributed by atoms with Crippen molar-refractivity contribution in [2.24, 2.45) is 5.41 Å². The van der Waals surface area contributed by atoms with Gasteiger partial charge in [-0.15, -0.1) is 0 Å².